The maximum absolute atomic E-state index is 13.0. The number of nitrogens with zero attached hydrogens (tertiary/aromatic N) is 1. The van der Waals surface area contributed by atoms with Crippen LogP contribution in [0, 0.1) is 5.82 Å². The highest BCUT2D eigenvalue weighted by atomic mass is 19.1. The van der Waals surface area contributed by atoms with Crippen molar-refractivity contribution in [1.29, 1.82) is 0 Å². The third kappa shape index (κ3) is 3.29. The van der Waals surface area contributed by atoms with Crippen molar-refractivity contribution in [2.75, 3.05) is 19.6 Å². The van der Waals surface area contributed by atoms with Crippen molar-refractivity contribution in [3.63, 3.8) is 0 Å². The number of carbonyl (C=O) groups is 1. The first-order valence-corrected chi connectivity index (χ1v) is 6.41. The van der Waals surface area contributed by atoms with Gasteiger partial charge in [-0.05, 0) is 31.0 Å². The van der Waals surface area contributed by atoms with Crippen molar-refractivity contribution in [3.8, 4) is 0 Å². The van der Waals surface area contributed by atoms with E-state index in [0.29, 0.717) is 12.8 Å². The number of aryl methyl sites for hydroxylation is 1. The number of hydrogen-bond donors (Lipinski definition) is 1. The molecule has 1 atom stereocenters. The van der Waals surface area contributed by atoms with Gasteiger partial charge in [0, 0.05) is 32.1 Å². The molecule has 4 heteroatoms. The van der Waals surface area contributed by atoms with Gasteiger partial charge in [-0.3, -0.25) is 4.79 Å². The molecule has 1 saturated heterocycles. The summed E-state index contributed by atoms with van der Waals surface area (Å²) < 4.78 is 13.0. The molecule has 18 heavy (non-hydrogen) atoms. The van der Waals surface area contributed by atoms with Gasteiger partial charge in [0.1, 0.15) is 5.82 Å². The maximum atomic E-state index is 13.0. The molecule has 98 valence electrons. The summed E-state index contributed by atoms with van der Waals surface area (Å²) in [4.78, 5) is 14.0. The predicted octanol–water partition coefficient (Wildman–Crippen LogP) is 1.58. The summed E-state index contributed by atoms with van der Waals surface area (Å²) >= 11 is 0. The Hall–Kier alpha value is -1.42. The Balaban J connectivity index is 1.88. The van der Waals surface area contributed by atoms with Crippen molar-refractivity contribution in [3.05, 3.63) is 35.6 Å². The molecule has 1 amide bonds. The second-order valence-corrected chi connectivity index (χ2v) is 4.77. The number of benzene rings is 1. The fourth-order valence-corrected chi connectivity index (χ4v) is 2.30. The Morgan fingerprint density at radius 3 is 3.11 bits per heavy atom. The lowest BCUT2D eigenvalue weighted by Crippen LogP contribution is -2.52. The molecule has 1 N–H and O–H groups in total. The molecule has 0 radical (unpaired) electrons. The van der Waals surface area contributed by atoms with Gasteiger partial charge in [0.2, 0.25) is 5.91 Å². The van der Waals surface area contributed by atoms with Crippen LogP contribution in [0.25, 0.3) is 0 Å². The molecule has 0 saturated carbocycles. The maximum Gasteiger partial charge on any atom is 0.223 e. The molecule has 0 bridgehead atoms. The minimum absolute atomic E-state index is 0.160. The Morgan fingerprint density at radius 2 is 2.39 bits per heavy atom. The monoisotopic (exact) mass is 250 g/mol. The molecule has 0 aliphatic carbocycles. The van der Waals surface area contributed by atoms with E-state index in [9.17, 15) is 9.18 Å². The van der Waals surface area contributed by atoms with Crippen LogP contribution < -0.4 is 5.32 Å². The van der Waals surface area contributed by atoms with Crippen LogP contribution in [0.4, 0.5) is 4.39 Å². The lowest BCUT2D eigenvalue weighted by Gasteiger charge is -2.34. The fourth-order valence-electron chi connectivity index (χ4n) is 2.30. The molecular weight excluding hydrogens is 231 g/mol. The number of halogens is 1. The Morgan fingerprint density at radius 1 is 1.56 bits per heavy atom. The highest BCUT2D eigenvalue weighted by Crippen LogP contribution is 2.10. The van der Waals surface area contributed by atoms with Gasteiger partial charge >= 0.3 is 0 Å². The van der Waals surface area contributed by atoms with E-state index < -0.39 is 0 Å². The van der Waals surface area contributed by atoms with E-state index in [1.807, 2.05) is 17.9 Å². The summed E-state index contributed by atoms with van der Waals surface area (Å²) in [5.74, 6) is -0.0799. The van der Waals surface area contributed by atoms with Crippen LogP contribution in [0.15, 0.2) is 24.3 Å². The number of nitrogens with one attached hydrogen (secondary N) is 1. The third-order valence-electron chi connectivity index (χ3n) is 3.34. The zero-order chi connectivity index (χ0) is 13.0. The standard InChI is InChI=1S/C14H19FN2O/c1-11-10-16-7-8-17(11)14(18)6-5-12-3-2-4-13(15)9-12/h2-4,9,11,16H,5-8,10H2,1H3. The van der Waals surface area contributed by atoms with Gasteiger partial charge in [0.15, 0.2) is 0 Å². The first-order valence-electron chi connectivity index (χ1n) is 6.41. The van der Waals surface area contributed by atoms with Crippen LogP contribution in [0.5, 0.6) is 0 Å². The van der Waals surface area contributed by atoms with Gasteiger partial charge in [-0.2, -0.15) is 0 Å². The quantitative estimate of drug-likeness (QED) is 0.883. The van der Waals surface area contributed by atoms with E-state index in [4.69, 9.17) is 0 Å². The van der Waals surface area contributed by atoms with Crippen LogP contribution in [-0.4, -0.2) is 36.5 Å². The Kier molecular flexibility index (Phi) is 4.31. The van der Waals surface area contributed by atoms with Gasteiger partial charge in [-0.25, -0.2) is 4.39 Å². The molecular formula is C14H19FN2O. The molecule has 1 aliphatic rings. The van der Waals surface area contributed by atoms with Crippen LogP contribution in [0.3, 0.4) is 0 Å². The van der Waals surface area contributed by atoms with Crippen LogP contribution in [0.1, 0.15) is 18.9 Å². The van der Waals surface area contributed by atoms with Crippen molar-refractivity contribution < 1.29 is 9.18 Å². The number of hydrogen-bond acceptors (Lipinski definition) is 2. The molecule has 0 spiro atoms. The normalized spacial score (nSPS) is 19.9. The lowest BCUT2D eigenvalue weighted by molar-refractivity contribution is -0.133. The van der Waals surface area contributed by atoms with E-state index in [-0.39, 0.29) is 17.8 Å². The molecule has 1 aromatic carbocycles. The summed E-state index contributed by atoms with van der Waals surface area (Å²) in [7, 11) is 0. The highest BCUT2D eigenvalue weighted by Gasteiger charge is 2.22. The van der Waals surface area contributed by atoms with E-state index in [1.54, 1.807) is 6.07 Å². The topological polar surface area (TPSA) is 32.3 Å². The van der Waals surface area contributed by atoms with Crippen molar-refractivity contribution in [1.82, 2.24) is 10.2 Å². The highest BCUT2D eigenvalue weighted by molar-refractivity contribution is 5.77. The summed E-state index contributed by atoms with van der Waals surface area (Å²) in [6.07, 6.45) is 1.06. The number of rotatable bonds is 3. The fraction of sp³-hybridized carbons (Fsp3) is 0.500. The van der Waals surface area contributed by atoms with Crippen LogP contribution in [-0.2, 0) is 11.2 Å². The third-order valence-corrected chi connectivity index (χ3v) is 3.34. The number of amides is 1. The van der Waals surface area contributed by atoms with Crippen LogP contribution >= 0.6 is 0 Å². The van der Waals surface area contributed by atoms with Gasteiger partial charge in [-0.1, -0.05) is 12.1 Å². The minimum atomic E-state index is -0.240. The Bertz CT molecular complexity index is 422. The first kappa shape index (κ1) is 13.0. The predicted molar refractivity (Wildman–Crippen MR) is 68.8 cm³/mol. The van der Waals surface area contributed by atoms with Crippen molar-refractivity contribution in [2.45, 2.75) is 25.8 Å². The summed E-state index contributed by atoms with van der Waals surface area (Å²) in [5, 5.41) is 3.26. The van der Waals surface area contributed by atoms with Gasteiger partial charge in [0.05, 0.1) is 0 Å². The van der Waals surface area contributed by atoms with E-state index >= 15 is 0 Å². The molecule has 1 aromatic rings. The zero-order valence-electron chi connectivity index (χ0n) is 10.7. The summed E-state index contributed by atoms with van der Waals surface area (Å²) in [6, 6.07) is 6.71. The van der Waals surface area contributed by atoms with Gasteiger partial charge < -0.3 is 10.2 Å². The molecule has 1 heterocycles. The molecule has 1 unspecified atom stereocenters. The average molecular weight is 250 g/mol. The number of piperazine rings is 1. The second kappa shape index (κ2) is 5.96. The van der Waals surface area contributed by atoms with E-state index in [0.717, 1.165) is 25.2 Å². The van der Waals surface area contributed by atoms with Gasteiger partial charge in [0.25, 0.3) is 0 Å². The zero-order valence-corrected chi connectivity index (χ0v) is 10.7. The molecule has 1 fully saturated rings. The van der Waals surface area contributed by atoms with E-state index in [1.165, 1.54) is 12.1 Å². The Labute approximate surface area is 107 Å². The molecule has 0 aromatic heterocycles. The largest absolute Gasteiger partial charge is 0.337 e. The lowest BCUT2D eigenvalue weighted by atomic mass is 10.1. The van der Waals surface area contributed by atoms with Gasteiger partial charge in [-0.15, -0.1) is 0 Å². The average Bonchev–Trinajstić information content (AvgIpc) is 2.37. The number of carbonyl (C=O) groups excluding carboxylic acids is 1. The second-order valence-electron chi connectivity index (χ2n) is 4.77. The molecule has 3 nitrogen and oxygen atoms in total. The van der Waals surface area contributed by atoms with E-state index in [2.05, 4.69) is 5.32 Å². The SMILES string of the molecule is CC1CNCCN1C(=O)CCc1cccc(F)c1. The van der Waals surface area contributed by atoms with Crippen molar-refractivity contribution in [2.24, 2.45) is 0 Å². The smallest absolute Gasteiger partial charge is 0.223 e. The summed E-state index contributed by atoms with van der Waals surface area (Å²) in [6.45, 7) is 4.52. The molecule has 1 aliphatic heterocycles. The van der Waals surface area contributed by atoms with Crippen molar-refractivity contribution >= 4 is 5.91 Å². The minimum Gasteiger partial charge on any atom is -0.337 e. The first-order chi connectivity index (χ1) is 8.66. The molecule has 2 rings (SSSR count). The van der Waals surface area contributed by atoms with Crippen LogP contribution in [0.2, 0.25) is 0 Å². The summed E-state index contributed by atoms with van der Waals surface area (Å²) in [5.41, 5.74) is 0.881.